The van der Waals surface area contributed by atoms with Gasteiger partial charge < -0.3 is 5.32 Å². The van der Waals surface area contributed by atoms with Gasteiger partial charge in [-0.05, 0) is 48.9 Å². The lowest BCUT2D eigenvalue weighted by atomic mass is 9.95. The molecule has 120 valence electrons. The van der Waals surface area contributed by atoms with Crippen LogP contribution in [0.2, 0.25) is 0 Å². The Morgan fingerprint density at radius 3 is 2.61 bits per heavy atom. The second-order valence-corrected chi connectivity index (χ2v) is 6.14. The van der Waals surface area contributed by atoms with Crippen molar-refractivity contribution in [2.24, 2.45) is 22.9 Å². The number of carbonyl (C=O) groups is 2. The zero-order chi connectivity index (χ0) is 16.2. The minimum Gasteiger partial charge on any atom is -0.326 e. The van der Waals surface area contributed by atoms with Gasteiger partial charge in [-0.1, -0.05) is 19.1 Å². The topological polar surface area (TPSA) is 70.6 Å². The lowest BCUT2D eigenvalue weighted by molar-refractivity contribution is -0.115. The van der Waals surface area contributed by atoms with Gasteiger partial charge in [0.05, 0.1) is 0 Å². The van der Waals surface area contributed by atoms with E-state index in [4.69, 9.17) is 0 Å². The summed E-state index contributed by atoms with van der Waals surface area (Å²) in [6.45, 7) is 1.79. The first-order valence-corrected chi connectivity index (χ1v) is 8.07. The van der Waals surface area contributed by atoms with Crippen LogP contribution in [-0.2, 0) is 4.79 Å². The van der Waals surface area contributed by atoms with Crippen molar-refractivity contribution >= 4 is 23.7 Å². The van der Waals surface area contributed by atoms with Crippen LogP contribution in [0, 0.1) is 17.8 Å². The highest BCUT2D eigenvalue weighted by molar-refractivity contribution is 5.95. The summed E-state index contributed by atoms with van der Waals surface area (Å²) in [6, 6.07) is 6.78. The zero-order valence-corrected chi connectivity index (χ0v) is 13.2. The number of amides is 2. The number of nitrogens with one attached hydrogen (secondary N) is 2. The standard InChI is InChI=1S/C18H21N3O2/c1-2-17(22)20-16-7-5-13(6-8-16)18(23)21-19-11-15-10-12-3-4-14(15)9-12/h3-8,11-12,14-15H,2,9-10H2,1H3,(H,20,22)(H,21,23). The predicted molar refractivity (Wildman–Crippen MR) is 90.2 cm³/mol. The van der Waals surface area contributed by atoms with Gasteiger partial charge >= 0.3 is 0 Å². The average molecular weight is 311 g/mol. The van der Waals surface area contributed by atoms with Crippen molar-refractivity contribution < 1.29 is 9.59 Å². The van der Waals surface area contributed by atoms with Gasteiger partial charge in [-0.25, -0.2) is 5.43 Å². The average Bonchev–Trinajstić information content (AvgIpc) is 3.18. The summed E-state index contributed by atoms with van der Waals surface area (Å²) < 4.78 is 0. The van der Waals surface area contributed by atoms with Crippen molar-refractivity contribution in [1.29, 1.82) is 0 Å². The van der Waals surface area contributed by atoms with E-state index in [2.05, 4.69) is 28.0 Å². The molecule has 1 fully saturated rings. The number of hydrogen-bond donors (Lipinski definition) is 2. The number of fused-ring (bicyclic) bond motifs is 2. The van der Waals surface area contributed by atoms with Crippen LogP contribution in [0.25, 0.3) is 0 Å². The highest BCUT2D eigenvalue weighted by Gasteiger charge is 2.34. The number of benzene rings is 1. The molecule has 1 aromatic carbocycles. The highest BCUT2D eigenvalue weighted by atomic mass is 16.2. The molecule has 3 atom stereocenters. The summed E-state index contributed by atoms with van der Waals surface area (Å²) in [4.78, 5) is 23.3. The van der Waals surface area contributed by atoms with Gasteiger partial charge in [0, 0.05) is 29.8 Å². The predicted octanol–water partition coefficient (Wildman–Crippen LogP) is 2.96. The third-order valence-electron chi connectivity index (χ3n) is 4.51. The fraction of sp³-hybridized carbons (Fsp3) is 0.389. The molecule has 2 bridgehead atoms. The molecule has 5 nitrogen and oxygen atoms in total. The molecule has 0 aromatic heterocycles. The van der Waals surface area contributed by atoms with E-state index >= 15 is 0 Å². The zero-order valence-electron chi connectivity index (χ0n) is 13.2. The number of nitrogens with zero attached hydrogens (tertiary/aromatic N) is 1. The third-order valence-corrected chi connectivity index (χ3v) is 4.51. The maximum absolute atomic E-state index is 12.0. The van der Waals surface area contributed by atoms with E-state index in [1.807, 2.05) is 6.21 Å². The van der Waals surface area contributed by atoms with Crippen molar-refractivity contribution in [3.63, 3.8) is 0 Å². The molecule has 0 aliphatic heterocycles. The highest BCUT2D eigenvalue weighted by Crippen LogP contribution is 2.42. The molecule has 1 aromatic rings. The van der Waals surface area contributed by atoms with Crippen molar-refractivity contribution in [1.82, 2.24) is 5.43 Å². The fourth-order valence-electron chi connectivity index (χ4n) is 3.21. The lowest BCUT2D eigenvalue weighted by Gasteiger charge is -2.12. The summed E-state index contributed by atoms with van der Waals surface area (Å²) in [6.07, 6.45) is 9.18. The molecule has 2 amide bonds. The lowest BCUT2D eigenvalue weighted by Crippen LogP contribution is -2.19. The number of carbonyl (C=O) groups excluding carboxylic acids is 2. The molecule has 3 rings (SSSR count). The van der Waals surface area contributed by atoms with Crippen molar-refractivity contribution in [2.45, 2.75) is 26.2 Å². The Morgan fingerprint density at radius 1 is 1.22 bits per heavy atom. The van der Waals surface area contributed by atoms with E-state index in [1.165, 1.54) is 6.42 Å². The van der Waals surface area contributed by atoms with Gasteiger partial charge in [-0.15, -0.1) is 0 Å². The summed E-state index contributed by atoms with van der Waals surface area (Å²) >= 11 is 0. The largest absolute Gasteiger partial charge is 0.326 e. The Hall–Kier alpha value is -2.43. The molecule has 0 radical (unpaired) electrons. The Kier molecular flexibility index (Phi) is 4.55. The number of hydrogen-bond acceptors (Lipinski definition) is 3. The number of hydrazone groups is 1. The minimum atomic E-state index is -0.242. The van der Waals surface area contributed by atoms with Crippen LogP contribution in [0.1, 0.15) is 36.5 Å². The van der Waals surface area contributed by atoms with Gasteiger partial charge in [0.25, 0.3) is 5.91 Å². The normalized spacial score (nSPS) is 25.0. The molecule has 0 heterocycles. The van der Waals surface area contributed by atoms with Gasteiger partial charge in [-0.3, -0.25) is 9.59 Å². The second-order valence-electron chi connectivity index (χ2n) is 6.14. The van der Waals surface area contributed by atoms with Gasteiger partial charge in [0.15, 0.2) is 0 Å². The SMILES string of the molecule is CCC(=O)Nc1ccc(C(=O)NN=CC2CC3C=CC2C3)cc1. The Balaban J connectivity index is 1.52. The maximum Gasteiger partial charge on any atom is 0.271 e. The van der Waals surface area contributed by atoms with Crippen LogP contribution >= 0.6 is 0 Å². The number of rotatable bonds is 5. The molecule has 0 spiro atoms. The van der Waals surface area contributed by atoms with E-state index in [1.54, 1.807) is 31.2 Å². The molecule has 5 heteroatoms. The van der Waals surface area contributed by atoms with Gasteiger partial charge in [-0.2, -0.15) is 5.10 Å². The van der Waals surface area contributed by atoms with Crippen molar-refractivity contribution in [3.8, 4) is 0 Å². The van der Waals surface area contributed by atoms with E-state index in [9.17, 15) is 9.59 Å². The van der Waals surface area contributed by atoms with Crippen molar-refractivity contribution in [2.75, 3.05) is 5.32 Å². The van der Waals surface area contributed by atoms with Gasteiger partial charge in [0.1, 0.15) is 0 Å². The van der Waals surface area contributed by atoms with Crippen LogP contribution in [-0.4, -0.2) is 18.0 Å². The third kappa shape index (κ3) is 3.67. The minimum absolute atomic E-state index is 0.0493. The van der Waals surface area contributed by atoms with Crippen molar-refractivity contribution in [3.05, 3.63) is 42.0 Å². The van der Waals surface area contributed by atoms with Crippen LogP contribution < -0.4 is 10.7 Å². The first-order chi connectivity index (χ1) is 11.2. The van der Waals surface area contributed by atoms with E-state index in [0.717, 1.165) is 6.42 Å². The summed E-state index contributed by atoms with van der Waals surface area (Å²) in [5.74, 6) is 1.43. The fourth-order valence-corrected chi connectivity index (χ4v) is 3.21. The van der Waals surface area contributed by atoms with Crippen LogP contribution in [0.3, 0.4) is 0 Å². The first-order valence-electron chi connectivity index (χ1n) is 8.07. The first kappa shape index (κ1) is 15.5. The molecule has 0 saturated heterocycles. The molecule has 23 heavy (non-hydrogen) atoms. The van der Waals surface area contributed by atoms with E-state index < -0.39 is 0 Å². The monoisotopic (exact) mass is 311 g/mol. The Labute approximate surface area is 135 Å². The Morgan fingerprint density at radius 2 is 2.00 bits per heavy atom. The number of anilines is 1. The molecule has 2 aliphatic carbocycles. The van der Waals surface area contributed by atoms with Gasteiger partial charge in [0.2, 0.25) is 5.91 Å². The molecule has 3 unspecified atom stereocenters. The summed E-state index contributed by atoms with van der Waals surface area (Å²) in [5, 5.41) is 6.85. The molecule has 1 saturated carbocycles. The van der Waals surface area contributed by atoms with E-state index in [0.29, 0.717) is 35.4 Å². The smallest absolute Gasteiger partial charge is 0.271 e. The Bertz CT molecular complexity index is 649. The molecular formula is C18H21N3O2. The molecule has 2 N–H and O–H groups in total. The quantitative estimate of drug-likeness (QED) is 0.498. The van der Waals surface area contributed by atoms with E-state index in [-0.39, 0.29) is 11.8 Å². The number of allylic oxidation sites excluding steroid dienone is 2. The second kappa shape index (κ2) is 6.77. The van der Waals surface area contributed by atoms with Crippen LogP contribution in [0.5, 0.6) is 0 Å². The molecular weight excluding hydrogens is 290 g/mol. The van der Waals surface area contributed by atoms with Crippen LogP contribution in [0.4, 0.5) is 5.69 Å². The summed E-state index contributed by atoms with van der Waals surface area (Å²) in [5.41, 5.74) is 3.78. The maximum atomic E-state index is 12.0. The van der Waals surface area contributed by atoms with Crippen LogP contribution in [0.15, 0.2) is 41.5 Å². The molecule has 2 aliphatic rings. The summed E-state index contributed by atoms with van der Waals surface area (Å²) in [7, 11) is 0.